The second-order valence-electron chi connectivity index (χ2n) is 9.99. The molecule has 2 aromatic rings. The van der Waals surface area contributed by atoms with E-state index in [1.165, 1.54) is 5.56 Å². The van der Waals surface area contributed by atoms with Gasteiger partial charge in [0.25, 0.3) is 0 Å². The van der Waals surface area contributed by atoms with Crippen LogP contribution in [0.2, 0.25) is 0 Å². The molecule has 0 unspecified atom stereocenters. The van der Waals surface area contributed by atoms with Crippen LogP contribution < -0.4 is 5.32 Å². The lowest BCUT2D eigenvalue weighted by molar-refractivity contribution is 0.0527. The highest BCUT2D eigenvalue weighted by Gasteiger charge is 2.26. The average molecular weight is 498 g/mol. The van der Waals surface area contributed by atoms with Gasteiger partial charge in [-0.25, -0.2) is 9.79 Å². The molecule has 1 N–H and O–H groups in total. The number of rotatable bonds is 10. The van der Waals surface area contributed by atoms with Gasteiger partial charge in [-0.15, -0.1) is 0 Å². The molecule has 2 aromatic carbocycles. The van der Waals surface area contributed by atoms with E-state index in [4.69, 9.17) is 10.00 Å². The van der Waals surface area contributed by atoms with Crippen molar-refractivity contribution in [1.82, 2.24) is 10.2 Å². The van der Waals surface area contributed by atoms with Crippen LogP contribution in [0, 0.1) is 11.3 Å². The van der Waals surface area contributed by atoms with Gasteiger partial charge in [-0.05, 0) is 81.5 Å². The summed E-state index contributed by atoms with van der Waals surface area (Å²) in [5.41, 5.74) is 4.52. The number of allylic oxidation sites excluding steroid dienone is 1. The van der Waals surface area contributed by atoms with Crippen molar-refractivity contribution in [2.45, 2.75) is 52.7 Å². The Labute approximate surface area is 219 Å². The zero-order valence-electron chi connectivity index (χ0n) is 22.1. The lowest BCUT2D eigenvalue weighted by Gasteiger charge is -2.19. The SMILES string of the molecule is C/C(=C\N=C\c1cccc(CN2C/C2=N\C=C\c2cccc(C#N)c2)c1)CCCNC(=O)OC(C)(C)C. The second-order valence-corrected chi connectivity index (χ2v) is 9.99. The first-order valence-corrected chi connectivity index (χ1v) is 12.4. The Morgan fingerprint density at radius 3 is 2.76 bits per heavy atom. The number of nitriles is 1. The van der Waals surface area contributed by atoms with E-state index in [0.29, 0.717) is 12.1 Å². The van der Waals surface area contributed by atoms with Gasteiger partial charge in [0, 0.05) is 31.7 Å². The number of hydrogen-bond donors (Lipinski definition) is 1. The molecule has 1 fully saturated rings. The van der Waals surface area contributed by atoms with E-state index in [1.54, 1.807) is 12.3 Å². The van der Waals surface area contributed by atoms with Crippen LogP contribution in [-0.2, 0) is 11.3 Å². The number of carbonyl (C=O) groups excluding carboxylic acids is 1. The van der Waals surface area contributed by atoms with E-state index in [1.807, 2.05) is 76.5 Å². The number of carbonyl (C=O) groups is 1. The van der Waals surface area contributed by atoms with Crippen molar-refractivity contribution in [3.05, 3.63) is 88.8 Å². The van der Waals surface area contributed by atoms with Crippen LogP contribution in [0.1, 0.15) is 62.8 Å². The van der Waals surface area contributed by atoms with E-state index in [0.717, 1.165) is 48.5 Å². The van der Waals surface area contributed by atoms with Crippen LogP contribution in [0.4, 0.5) is 4.79 Å². The van der Waals surface area contributed by atoms with Gasteiger partial charge in [0.05, 0.1) is 18.2 Å². The Kier molecular flexibility index (Phi) is 9.79. The second kappa shape index (κ2) is 13.2. The van der Waals surface area contributed by atoms with Gasteiger partial charge in [0.15, 0.2) is 0 Å². The Balaban J connectivity index is 1.42. The third kappa shape index (κ3) is 10.5. The molecule has 0 radical (unpaired) electrons. The smallest absolute Gasteiger partial charge is 0.407 e. The molecule has 3 rings (SSSR count). The Morgan fingerprint density at radius 2 is 1.97 bits per heavy atom. The molecule has 0 bridgehead atoms. The van der Waals surface area contributed by atoms with Crippen molar-refractivity contribution < 1.29 is 9.53 Å². The molecule has 1 aliphatic heterocycles. The molecular weight excluding hydrogens is 462 g/mol. The summed E-state index contributed by atoms with van der Waals surface area (Å²) in [5, 5.41) is 11.8. The summed E-state index contributed by atoms with van der Waals surface area (Å²) >= 11 is 0. The number of alkyl carbamates (subject to hydrolysis) is 1. The average Bonchev–Trinajstić information content (AvgIpc) is 3.58. The molecule has 0 spiro atoms. The van der Waals surface area contributed by atoms with Crippen molar-refractivity contribution in [3.8, 4) is 6.07 Å². The number of hydrogen-bond acceptors (Lipinski definition) is 5. The molecule has 0 aliphatic carbocycles. The van der Waals surface area contributed by atoms with Crippen LogP contribution in [-0.4, -0.2) is 41.7 Å². The first kappa shape index (κ1) is 27.4. The fourth-order valence-electron chi connectivity index (χ4n) is 3.51. The summed E-state index contributed by atoms with van der Waals surface area (Å²) in [7, 11) is 0. The lowest BCUT2D eigenvalue weighted by Crippen LogP contribution is -2.33. The first-order chi connectivity index (χ1) is 17.7. The van der Waals surface area contributed by atoms with Crippen molar-refractivity contribution in [2.75, 3.05) is 13.1 Å². The Bertz CT molecular complexity index is 1250. The van der Waals surface area contributed by atoms with E-state index in [9.17, 15) is 4.79 Å². The highest BCUT2D eigenvalue weighted by atomic mass is 16.6. The van der Waals surface area contributed by atoms with Crippen molar-refractivity contribution in [3.63, 3.8) is 0 Å². The van der Waals surface area contributed by atoms with Crippen LogP contribution in [0.3, 0.4) is 0 Å². The lowest BCUT2D eigenvalue weighted by atomic mass is 10.1. The van der Waals surface area contributed by atoms with Gasteiger partial charge in [-0.2, -0.15) is 5.26 Å². The summed E-state index contributed by atoms with van der Waals surface area (Å²) in [6.07, 6.45) is 8.73. The molecule has 0 atom stereocenters. The number of aliphatic imine (C=N–C) groups is 2. The van der Waals surface area contributed by atoms with E-state index < -0.39 is 5.60 Å². The fourth-order valence-corrected chi connectivity index (χ4v) is 3.51. The van der Waals surface area contributed by atoms with Crippen LogP contribution in [0.15, 0.2) is 76.5 Å². The molecule has 1 amide bonds. The van der Waals surface area contributed by atoms with Gasteiger partial charge >= 0.3 is 6.09 Å². The summed E-state index contributed by atoms with van der Waals surface area (Å²) in [6, 6.07) is 17.9. The molecule has 7 heteroatoms. The molecule has 37 heavy (non-hydrogen) atoms. The van der Waals surface area contributed by atoms with Crippen LogP contribution >= 0.6 is 0 Å². The van der Waals surface area contributed by atoms with Crippen LogP contribution in [0.5, 0.6) is 0 Å². The molecule has 1 heterocycles. The number of amides is 1. The van der Waals surface area contributed by atoms with Crippen LogP contribution in [0.25, 0.3) is 6.08 Å². The third-order valence-corrected chi connectivity index (χ3v) is 5.36. The van der Waals surface area contributed by atoms with E-state index in [-0.39, 0.29) is 6.09 Å². The molecule has 7 nitrogen and oxygen atoms in total. The minimum absolute atomic E-state index is 0.383. The van der Waals surface area contributed by atoms with Crippen molar-refractivity contribution in [1.29, 1.82) is 5.26 Å². The van der Waals surface area contributed by atoms with Gasteiger partial charge < -0.3 is 15.0 Å². The zero-order valence-corrected chi connectivity index (χ0v) is 22.1. The summed E-state index contributed by atoms with van der Waals surface area (Å²) in [5.74, 6) is 1.05. The number of benzene rings is 2. The number of ether oxygens (including phenoxy) is 1. The summed E-state index contributed by atoms with van der Waals surface area (Å²) in [6.45, 7) is 9.81. The predicted molar refractivity (Wildman–Crippen MR) is 149 cm³/mol. The highest BCUT2D eigenvalue weighted by molar-refractivity contribution is 5.98. The maximum atomic E-state index is 11.7. The number of nitrogens with zero attached hydrogens (tertiary/aromatic N) is 4. The fraction of sp³-hybridized carbons (Fsp3) is 0.333. The maximum Gasteiger partial charge on any atom is 0.407 e. The minimum atomic E-state index is -0.484. The van der Waals surface area contributed by atoms with Gasteiger partial charge in [-0.1, -0.05) is 35.9 Å². The van der Waals surface area contributed by atoms with E-state index >= 15 is 0 Å². The molecule has 1 saturated heterocycles. The Morgan fingerprint density at radius 1 is 1.19 bits per heavy atom. The summed E-state index contributed by atoms with van der Waals surface area (Å²) < 4.78 is 5.23. The van der Waals surface area contributed by atoms with E-state index in [2.05, 4.69) is 38.4 Å². The zero-order chi connectivity index (χ0) is 26.7. The Hall–Kier alpha value is -4.18. The first-order valence-electron chi connectivity index (χ1n) is 12.4. The highest BCUT2D eigenvalue weighted by Crippen LogP contribution is 2.17. The van der Waals surface area contributed by atoms with Gasteiger partial charge in [0.1, 0.15) is 11.4 Å². The molecule has 192 valence electrons. The topological polar surface area (TPSA) is 89.9 Å². The molecule has 0 aromatic heterocycles. The largest absolute Gasteiger partial charge is 0.444 e. The third-order valence-electron chi connectivity index (χ3n) is 5.36. The van der Waals surface area contributed by atoms with Gasteiger partial charge in [-0.3, -0.25) is 4.99 Å². The normalized spacial score (nSPS) is 14.8. The van der Waals surface area contributed by atoms with Crippen molar-refractivity contribution >= 4 is 24.2 Å². The summed E-state index contributed by atoms with van der Waals surface area (Å²) in [4.78, 5) is 22.9. The number of amidine groups is 1. The predicted octanol–water partition coefficient (Wildman–Crippen LogP) is 6.07. The maximum absolute atomic E-state index is 11.7. The minimum Gasteiger partial charge on any atom is -0.444 e. The standard InChI is InChI=1S/C30H35N5O2/c1-23(8-7-14-34-29(36)37-30(2,3)4)19-32-20-26-11-6-12-27(17-26)21-35-22-28(35)33-15-13-24-9-5-10-25(16-24)18-31/h5-6,9-13,15-17,19-20H,7-8,14,21-22H2,1-4H3,(H,34,36)/b15-13+,23-19+,32-20+,33-28+. The monoisotopic (exact) mass is 497 g/mol. The van der Waals surface area contributed by atoms with Crippen molar-refractivity contribution in [2.24, 2.45) is 9.98 Å². The molecule has 0 saturated carbocycles. The van der Waals surface area contributed by atoms with Gasteiger partial charge in [0.2, 0.25) is 0 Å². The molecular formula is C30H35N5O2. The quantitative estimate of drug-likeness (QED) is 0.245. The molecule has 1 aliphatic rings. The number of nitrogens with one attached hydrogen (secondary N) is 1.